The molecule has 0 saturated carbocycles. The van der Waals surface area contributed by atoms with Crippen LogP contribution in [0.1, 0.15) is 19.0 Å². The van der Waals surface area contributed by atoms with Gasteiger partial charge in [0.15, 0.2) is 11.5 Å². The highest BCUT2D eigenvalue weighted by molar-refractivity contribution is 7.99. The number of pyridine rings is 1. The van der Waals surface area contributed by atoms with E-state index >= 15 is 0 Å². The Balaban J connectivity index is 2.51. The molecule has 1 N–H and O–H groups in total. The van der Waals surface area contributed by atoms with Gasteiger partial charge in [0.25, 0.3) is 0 Å². The molecule has 0 fully saturated rings. The lowest BCUT2D eigenvalue weighted by Gasteiger charge is -2.13. The second kappa shape index (κ2) is 8.21. The molecule has 0 amide bonds. The molecule has 0 spiro atoms. The lowest BCUT2D eigenvalue weighted by Crippen LogP contribution is -2.19. The maximum absolute atomic E-state index is 5.34. The Kier molecular flexibility index (Phi) is 6.90. The van der Waals surface area contributed by atoms with E-state index in [1.807, 2.05) is 11.8 Å². The summed E-state index contributed by atoms with van der Waals surface area (Å²) in [6.45, 7) is 3.91. The van der Waals surface area contributed by atoms with Crippen molar-refractivity contribution in [2.75, 3.05) is 27.0 Å². The highest BCUT2D eigenvalue weighted by atomic mass is 32.2. The third-order valence-corrected chi connectivity index (χ3v) is 3.83. The molecule has 102 valence electrons. The third-order valence-electron chi connectivity index (χ3n) is 2.79. The Labute approximate surface area is 113 Å². The van der Waals surface area contributed by atoms with Crippen LogP contribution in [0.15, 0.2) is 12.3 Å². The van der Waals surface area contributed by atoms with E-state index in [-0.39, 0.29) is 0 Å². The van der Waals surface area contributed by atoms with Gasteiger partial charge in [0, 0.05) is 24.1 Å². The van der Waals surface area contributed by atoms with Crippen molar-refractivity contribution in [3.63, 3.8) is 0 Å². The van der Waals surface area contributed by atoms with Crippen LogP contribution in [0.4, 0.5) is 0 Å². The predicted octanol–water partition coefficient (Wildman–Crippen LogP) is 2.33. The van der Waals surface area contributed by atoms with Gasteiger partial charge in [-0.1, -0.05) is 6.92 Å². The summed E-state index contributed by atoms with van der Waals surface area (Å²) in [5.74, 6) is 1.44. The fraction of sp³-hybridized carbons (Fsp3) is 0.615. The Hall–Kier alpha value is -0.940. The highest BCUT2D eigenvalue weighted by Gasteiger charge is 2.10. The Morgan fingerprint density at radius 3 is 2.78 bits per heavy atom. The molecule has 0 aliphatic carbocycles. The summed E-state index contributed by atoms with van der Waals surface area (Å²) in [7, 11) is 3.27. The van der Waals surface area contributed by atoms with E-state index in [9.17, 15) is 0 Å². The van der Waals surface area contributed by atoms with Gasteiger partial charge in [-0.3, -0.25) is 4.98 Å². The van der Waals surface area contributed by atoms with Crippen molar-refractivity contribution in [2.24, 2.45) is 0 Å². The number of thioether (sulfide) groups is 1. The minimum absolute atomic E-state index is 0.678. The second-order valence-electron chi connectivity index (χ2n) is 4.00. The number of hydrogen-bond donors (Lipinski definition) is 1. The molecule has 0 saturated heterocycles. The summed E-state index contributed by atoms with van der Waals surface area (Å²) in [5.41, 5.74) is 0.883. The molecule has 5 heteroatoms. The summed E-state index contributed by atoms with van der Waals surface area (Å²) in [5, 5.41) is 4.06. The molecule has 1 rings (SSSR count). The largest absolute Gasteiger partial charge is 0.493 e. The fourth-order valence-corrected chi connectivity index (χ4v) is 1.96. The van der Waals surface area contributed by atoms with Crippen LogP contribution in [-0.2, 0) is 6.54 Å². The monoisotopic (exact) mass is 270 g/mol. The SMILES string of the molecule is COc1ccnc(CNCCC(C)SC)c1OC. The van der Waals surface area contributed by atoms with Gasteiger partial charge in [-0.15, -0.1) is 0 Å². The Bertz CT molecular complexity index is 361. The smallest absolute Gasteiger partial charge is 0.183 e. The van der Waals surface area contributed by atoms with Crippen LogP contribution in [0.3, 0.4) is 0 Å². The van der Waals surface area contributed by atoms with Gasteiger partial charge in [-0.05, 0) is 19.2 Å². The van der Waals surface area contributed by atoms with Gasteiger partial charge < -0.3 is 14.8 Å². The van der Waals surface area contributed by atoms with Gasteiger partial charge in [-0.2, -0.15) is 11.8 Å². The number of rotatable bonds is 8. The van der Waals surface area contributed by atoms with Crippen molar-refractivity contribution in [1.82, 2.24) is 10.3 Å². The van der Waals surface area contributed by atoms with E-state index in [4.69, 9.17) is 9.47 Å². The number of ether oxygens (including phenoxy) is 2. The van der Waals surface area contributed by atoms with Crippen molar-refractivity contribution in [1.29, 1.82) is 0 Å². The number of nitrogens with one attached hydrogen (secondary N) is 1. The van der Waals surface area contributed by atoms with Gasteiger partial charge in [0.1, 0.15) is 0 Å². The van der Waals surface area contributed by atoms with E-state index in [2.05, 4.69) is 23.5 Å². The third kappa shape index (κ3) is 4.38. The van der Waals surface area contributed by atoms with Crippen molar-refractivity contribution in [3.05, 3.63) is 18.0 Å². The first-order valence-electron chi connectivity index (χ1n) is 6.02. The zero-order chi connectivity index (χ0) is 13.4. The standard InChI is InChI=1S/C13H22N2O2S/c1-10(18-4)5-7-14-9-11-13(17-3)12(16-2)6-8-15-11/h6,8,10,14H,5,7,9H2,1-4H3. The molecule has 1 unspecified atom stereocenters. The maximum atomic E-state index is 5.34. The summed E-state index contributed by atoms with van der Waals surface area (Å²) >= 11 is 1.88. The van der Waals surface area contributed by atoms with Gasteiger partial charge in [0.05, 0.1) is 19.9 Å². The molecular formula is C13H22N2O2S. The molecular weight excluding hydrogens is 248 g/mol. The molecule has 0 aliphatic rings. The van der Waals surface area contributed by atoms with Gasteiger partial charge >= 0.3 is 0 Å². The van der Waals surface area contributed by atoms with E-state index in [1.54, 1.807) is 26.5 Å². The predicted molar refractivity (Wildman–Crippen MR) is 76.6 cm³/mol. The number of nitrogens with zero attached hydrogens (tertiary/aromatic N) is 1. The zero-order valence-electron chi connectivity index (χ0n) is 11.5. The lowest BCUT2D eigenvalue weighted by molar-refractivity contribution is 0.348. The van der Waals surface area contributed by atoms with Crippen LogP contribution < -0.4 is 14.8 Å². The fourth-order valence-electron chi connectivity index (χ4n) is 1.61. The van der Waals surface area contributed by atoms with E-state index in [1.165, 1.54) is 0 Å². The quantitative estimate of drug-likeness (QED) is 0.734. The first-order valence-corrected chi connectivity index (χ1v) is 7.31. The van der Waals surface area contributed by atoms with Gasteiger partial charge in [0.2, 0.25) is 0 Å². The number of hydrogen-bond acceptors (Lipinski definition) is 5. The Morgan fingerprint density at radius 2 is 2.17 bits per heavy atom. The molecule has 0 radical (unpaired) electrons. The molecule has 4 nitrogen and oxygen atoms in total. The van der Waals surface area contributed by atoms with Crippen molar-refractivity contribution < 1.29 is 9.47 Å². The minimum atomic E-state index is 0.678. The number of methoxy groups -OCH3 is 2. The summed E-state index contributed by atoms with van der Waals surface area (Å²) in [6.07, 6.45) is 5.02. The first-order chi connectivity index (χ1) is 8.72. The average molecular weight is 270 g/mol. The van der Waals surface area contributed by atoms with Crippen LogP contribution in [-0.4, -0.2) is 37.3 Å². The minimum Gasteiger partial charge on any atom is -0.493 e. The first kappa shape index (κ1) is 15.1. The molecule has 0 aromatic carbocycles. The van der Waals surface area contributed by atoms with E-state index in [0.717, 1.165) is 24.4 Å². The molecule has 1 atom stereocenters. The van der Waals surface area contributed by atoms with Crippen LogP contribution in [0.2, 0.25) is 0 Å². The molecule has 1 aromatic heterocycles. The lowest BCUT2D eigenvalue weighted by atomic mass is 10.3. The Morgan fingerprint density at radius 1 is 1.39 bits per heavy atom. The topological polar surface area (TPSA) is 43.4 Å². The van der Waals surface area contributed by atoms with E-state index < -0.39 is 0 Å². The van der Waals surface area contributed by atoms with Crippen LogP contribution in [0.25, 0.3) is 0 Å². The maximum Gasteiger partial charge on any atom is 0.183 e. The summed E-state index contributed by atoms with van der Waals surface area (Å²) < 4.78 is 10.6. The van der Waals surface area contributed by atoms with Crippen LogP contribution >= 0.6 is 11.8 Å². The van der Waals surface area contributed by atoms with Crippen LogP contribution in [0.5, 0.6) is 11.5 Å². The number of aromatic nitrogens is 1. The molecule has 0 aliphatic heterocycles. The van der Waals surface area contributed by atoms with Crippen molar-refractivity contribution in [2.45, 2.75) is 25.1 Å². The second-order valence-corrected chi connectivity index (χ2v) is 5.28. The summed E-state index contributed by atoms with van der Waals surface area (Å²) in [6, 6.07) is 1.80. The van der Waals surface area contributed by atoms with E-state index in [0.29, 0.717) is 17.5 Å². The van der Waals surface area contributed by atoms with Crippen molar-refractivity contribution in [3.8, 4) is 11.5 Å². The molecule has 1 aromatic rings. The average Bonchev–Trinajstić information content (AvgIpc) is 2.42. The van der Waals surface area contributed by atoms with Crippen LogP contribution in [0, 0.1) is 0 Å². The molecule has 0 bridgehead atoms. The normalized spacial score (nSPS) is 12.2. The zero-order valence-corrected chi connectivity index (χ0v) is 12.3. The molecule has 1 heterocycles. The summed E-state index contributed by atoms with van der Waals surface area (Å²) in [4.78, 5) is 4.32. The van der Waals surface area contributed by atoms with Gasteiger partial charge in [-0.25, -0.2) is 0 Å². The highest BCUT2D eigenvalue weighted by Crippen LogP contribution is 2.28. The molecule has 18 heavy (non-hydrogen) atoms. The van der Waals surface area contributed by atoms with Crippen molar-refractivity contribution >= 4 is 11.8 Å².